The quantitative estimate of drug-likeness (QED) is 0.653. The summed E-state index contributed by atoms with van der Waals surface area (Å²) >= 11 is 11.3. The lowest BCUT2D eigenvalue weighted by Crippen LogP contribution is -2.20. The summed E-state index contributed by atoms with van der Waals surface area (Å²) in [5.74, 6) is 0.449. The maximum absolute atomic E-state index is 6.00. The number of hydrogen-bond donors (Lipinski definition) is 2. The number of anilines is 2. The highest BCUT2D eigenvalue weighted by atomic mass is 35.5. The number of rotatable bonds is 5. The Kier molecular flexibility index (Phi) is 5.63. The standard InChI is InChI=1S/C18H18ClN5S/c1-2-13-6-8-16(9-7-13)21-18(25)22-17-20-12-24(23-17)11-14-4-3-5-15(19)10-14/h3-10,12H,2,11H2,1H3,(H2,21,22,23,25). The molecule has 3 aromatic rings. The fourth-order valence-electron chi connectivity index (χ4n) is 2.34. The molecule has 3 rings (SSSR count). The molecule has 5 nitrogen and oxygen atoms in total. The largest absolute Gasteiger partial charge is 0.332 e. The molecule has 0 aliphatic heterocycles. The molecule has 0 bridgehead atoms. The molecule has 0 fully saturated rings. The highest BCUT2D eigenvalue weighted by Gasteiger charge is 2.05. The number of aromatic nitrogens is 3. The second kappa shape index (κ2) is 8.09. The molecule has 0 saturated carbocycles. The van der Waals surface area contributed by atoms with Crippen LogP contribution in [0.1, 0.15) is 18.1 Å². The van der Waals surface area contributed by atoms with Crippen LogP contribution in [0.25, 0.3) is 0 Å². The molecule has 1 aromatic heterocycles. The van der Waals surface area contributed by atoms with Gasteiger partial charge in [-0.2, -0.15) is 0 Å². The van der Waals surface area contributed by atoms with Gasteiger partial charge in [-0.15, -0.1) is 5.10 Å². The van der Waals surface area contributed by atoms with E-state index in [1.165, 1.54) is 5.56 Å². The SMILES string of the molecule is CCc1ccc(NC(=S)Nc2ncn(Cc3cccc(Cl)c3)n2)cc1. The van der Waals surface area contributed by atoms with E-state index in [4.69, 9.17) is 23.8 Å². The molecular weight excluding hydrogens is 354 g/mol. The molecule has 0 aliphatic rings. The Morgan fingerprint density at radius 2 is 1.92 bits per heavy atom. The van der Waals surface area contributed by atoms with E-state index in [1.54, 1.807) is 11.0 Å². The van der Waals surface area contributed by atoms with Gasteiger partial charge in [0.1, 0.15) is 6.33 Å². The number of aryl methyl sites for hydroxylation is 1. The fraction of sp³-hybridized carbons (Fsp3) is 0.167. The number of thiocarbonyl (C=S) groups is 1. The zero-order valence-electron chi connectivity index (χ0n) is 13.7. The first kappa shape index (κ1) is 17.4. The van der Waals surface area contributed by atoms with Gasteiger partial charge in [0.05, 0.1) is 6.54 Å². The Bertz CT molecular complexity index is 860. The molecule has 2 N–H and O–H groups in total. The Morgan fingerprint density at radius 3 is 2.64 bits per heavy atom. The van der Waals surface area contributed by atoms with Crippen molar-refractivity contribution in [2.75, 3.05) is 10.6 Å². The molecule has 0 saturated heterocycles. The number of nitrogens with zero attached hydrogens (tertiary/aromatic N) is 3. The van der Waals surface area contributed by atoms with Gasteiger partial charge in [0, 0.05) is 10.7 Å². The second-order valence-electron chi connectivity index (χ2n) is 5.53. The minimum absolute atomic E-state index is 0.449. The summed E-state index contributed by atoms with van der Waals surface area (Å²) in [6.07, 6.45) is 2.67. The molecule has 0 spiro atoms. The Labute approximate surface area is 157 Å². The lowest BCUT2D eigenvalue weighted by Gasteiger charge is -2.08. The van der Waals surface area contributed by atoms with Crippen LogP contribution in [0.2, 0.25) is 5.02 Å². The third kappa shape index (κ3) is 5.01. The summed E-state index contributed by atoms with van der Waals surface area (Å²) in [4.78, 5) is 4.22. The average Bonchev–Trinajstić information content (AvgIpc) is 3.02. The van der Waals surface area contributed by atoms with Gasteiger partial charge in [0.25, 0.3) is 0 Å². The molecular formula is C18H18ClN5S. The molecule has 0 atom stereocenters. The molecule has 1 heterocycles. The minimum atomic E-state index is 0.449. The number of halogens is 1. The van der Waals surface area contributed by atoms with Gasteiger partial charge in [-0.1, -0.05) is 42.8 Å². The van der Waals surface area contributed by atoms with Crippen molar-refractivity contribution in [3.05, 3.63) is 71.0 Å². The topological polar surface area (TPSA) is 54.8 Å². The first-order valence-electron chi connectivity index (χ1n) is 7.93. The van der Waals surface area contributed by atoms with E-state index in [1.807, 2.05) is 36.4 Å². The van der Waals surface area contributed by atoms with E-state index in [0.29, 0.717) is 22.6 Å². The normalized spacial score (nSPS) is 10.5. The first-order chi connectivity index (χ1) is 12.1. The van der Waals surface area contributed by atoms with Gasteiger partial charge in [-0.25, -0.2) is 9.67 Å². The van der Waals surface area contributed by atoms with E-state index < -0.39 is 0 Å². The number of benzene rings is 2. The van der Waals surface area contributed by atoms with Crippen LogP contribution in [-0.2, 0) is 13.0 Å². The van der Waals surface area contributed by atoms with Gasteiger partial charge in [-0.05, 0) is 54.0 Å². The van der Waals surface area contributed by atoms with E-state index in [-0.39, 0.29) is 0 Å². The van der Waals surface area contributed by atoms with Crippen LogP contribution in [0.4, 0.5) is 11.6 Å². The van der Waals surface area contributed by atoms with Crippen LogP contribution in [0.3, 0.4) is 0 Å². The highest BCUT2D eigenvalue weighted by Crippen LogP contribution is 2.13. The molecule has 0 radical (unpaired) electrons. The van der Waals surface area contributed by atoms with Gasteiger partial charge in [0.2, 0.25) is 5.95 Å². The molecule has 25 heavy (non-hydrogen) atoms. The monoisotopic (exact) mass is 371 g/mol. The van der Waals surface area contributed by atoms with Crippen LogP contribution in [0.5, 0.6) is 0 Å². The van der Waals surface area contributed by atoms with Crippen LogP contribution < -0.4 is 10.6 Å². The molecule has 0 aliphatic carbocycles. The summed E-state index contributed by atoms with van der Waals surface area (Å²) in [6, 6.07) is 15.8. The van der Waals surface area contributed by atoms with E-state index in [9.17, 15) is 0 Å². The summed E-state index contributed by atoms with van der Waals surface area (Å²) in [5, 5.41) is 11.6. The van der Waals surface area contributed by atoms with Gasteiger partial charge >= 0.3 is 0 Å². The Balaban J connectivity index is 1.57. The average molecular weight is 372 g/mol. The Hall–Kier alpha value is -2.44. The lowest BCUT2D eigenvalue weighted by atomic mass is 10.1. The van der Waals surface area contributed by atoms with Crippen LogP contribution >= 0.6 is 23.8 Å². The van der Waals surface area contributed by atoms with Gasteiger partial charge in [-0.3, -0.25) is 5.32 Å². The van der Waals surface area contributed by atoms with Crippen molar-refractivity contribution in [3.63, 3.8) is 0 Å². The first-order valence-corrected chi connectivity index (χ1v) is 8.72. The van der Waals surface area contributed by atoms with Crippen LogP contribution in [-0.4, -0.2) is 19.9 Å². The summed E-state index contributed by atoms with van der Waals surface area (Å²) in [6.45, 7) is 2.72. The third-order valence-corrected chi connectivity index (χ3v) is 4.05. The Morgan fingerprint density at radius 1 is 1.12 bits per heavy atom. The molecule has 128 valence electrons. The number of nitrogens with one attached hydrogen (secondary N) is 2. The van der Waals surface area contributed by atoms with Crippen molar-refractivity contribution in [1.82, 2.24) is 14.8 Å². The maximum Gasteiger partial charge on any atom is 0.248 e. The van der Waals surface area contributed by atoms with E-state index in [2.05, 4.69) is 39.8 Å². The van der Waals surface area contributed by atoms with Crippen molar-refractivity contribution in [2.45, 2.75) is 19.9 Å². The van der Waals surface area contributed by atoms with Crippen LogP contribution in [0, 0.1) is 0 Å². The minimum Gasteiger partial charge on any atom is -0.332 e. The zero-order chi connectivity index (χ0) is 17.6. The maximum atomic E-state index is 6.00. The lowest BCUT2D eigenvalue weighted by molar-refractivity contribution is 0.687. The third-order valence-electron chi connectivity index (χ3n) is 3.62. The smallest absolute Gasteiger partial charge is 0.248 e. The van der Waals surface area contributed by atoms with Crippen molar-refractivity contribution in [3.8, 4) is 0 Å². The molecule has 2 aromatic carbocycles. The van der Waals surface area contributed by atoms with E-state index in [0.717, 1.165) is 17.7 Å². The zero-order valence-corrected chi connectivity index (χ0v) is 15.3. The van der Waals surface area contributed by atoms with Gasteiger partial charge < -0.3 is 5.32 Å². The van der Waals surface area contributed by atoms with Gasteiger partial charge in [0.15, 0.2) is 5.11 Å². The second-order valence-corrected chi connectivity index (χ2v) is 6.37. The highest BCUT2D eigenvalue weighted by molar-refractivity contribution is 7.80. The van der Waals surface area contributed by atoms with E-state index >= 15 is 0 Å². The predicted molar refractivity (Wildman–Crippen MR) is 106 cm³/mol. The fourth-order valence-corrected chi connectivity index (χ4v) is 2.76. The molecule has 0 amide bonds. The number of hydrogen-bond acceptors (Lipinski definition) is 3. The van der Waals surface area contributed by atoms with Crippen molar-refractivity contribution < 1.29 is 0 Å². The predicted octanol–water partition coefficient (Wildman–Crippen LogP) is 4.35. The van der Waals surface area contributed by atoms with Crippen molar-refractivity contribution in [1.29, 1.82) is 0 Å². The van der Waals surface area contributed by atoms with Crippen LogP contribution in [0.15, 0.2) is 54.9 Å². The summed E-state index contributed by atoms with van der Waals surface area (Å²) in [5.41, 5.74) is 3.26. The summed E-state index contributed by atoms with van der Waals surface area (Å²) < 4.78 is 1.73. The van der Waals surface area contributed by atoms with Crippen molar-refractivity contribution in [2.24, 2.45) is 0 Å². The molecule has 0 unspecified atom stereocenters. The van der Waals surface area contributed by atoms with Crippen molar-refractivity contribution >= 4 is 40.6 Å². The molecule has 7 heteroatoms. The summed E-state index contributed by atoms with van der Waals surface area (Å²) in [7, 11) is 0.